The zero-order chi connectivity index (χ0) is 15.5. The van der Waals surface area contributed by atoms with Gasteiger partial charge in [0.15, 0.2) is 5.82 Å². The molecule has 3 aromatic rings. The molecule has 0 atom stereocenters. The Kier molecular flexibility index (Phi) is 3.49. The first-order chi connectivity index (χ1) is 10.7. The van der Waals surface area contributed by atoms with Gasteiger partial charge in [-0.25, -0.2) is 4.68 Å². The number of hydrogen-bond donors (Lipinski definition) is 3. The number of amides is 1. The average Bonchev–Trinajstić information content (AvgIpc) is 2.85. The Bertz CT molecular complexity index is 796. The van der Waals surface area contributed by atoms with Crippen molar-refractivity contribution in [1.29, 1.82) is 0 Å². The van der Waals surface area contributed by atoms with E-state index in [0.717, 1.165) is 11.4 Å². The fourth-order valence-electron chi connectivity index (χ4n) is 2.19. The number of carbonyl (C=O) groups is 1. The maximum Gasteiger partial charge on any atom is 0.256 e. The summed E-state index contributed by atoms with van der Waals surface area (Å²) in [7, 11) is 0. The van der Waals surface area contributed by atoms with Crippen molar-refractivity contribution in [1.82, 2.24) is 9.78 Å². The summed E-state index contributed by atoms with van der Waals surface area (Å²) < 4.78 is 1.49. The van der Waals surface area contributed by atoms with Gasteiger partial charge in [-0.2, -0.15) is 0 Å². The van der Waals surface area contributed by atoms with Crippen molar-refractivity contribution in [3.8, 4) is 5.69 Å². The maximum absolute atomic E-state index is 11.7. The van der Waals surface area contributed by atoms with Gasteiger partial charge in [-0.15, -0.1) is 5.10 Å². The van der Waals surface area contributed by atoms with Crippen LogP contribution in [-0.2, 0) is 0 Å². The molecule has 0 aliphatic heterocycles. The molecular weight excluding hydrogens is 278 g/mol. The van der Waals surface area contributed by atoms with Crippen molar-refractivity contribution in [2.75, 3.05) is 11.1 Å². The van der Waals surface area contributed by atoms with Crippen molar-refractivity contribution >= 4 is 23.2 Å². The number of primary amides is 1. The predicted molar refractivity (Wildman–Crippen MR) is 86.2 cm³/mol. The molecule has 0 unspecified atom stereocenters. The first kappa shape index (κ1) is 13.7. The van der Waals surface area contributed by atoms with Crippen molar-refractivity contribution < 1.29 is 4.79 Å². The van der Waals surface area contributed by atoms with Crippen LogP contribution in [0.2, 0.25) is 0 Å². The van der Waals surface area contributed by atoms with Gasteiger partial charge in [-0.05, 0) is 24.3 Å². The molecule has 6 heteroatoms. The van der Waals surface area contributed by atoms with Gasteiger partial charge in [0.05, 0.1) is 5.69 Å². The van der Waals surface area contributed by atoms with Crippen LogP contribution in [0.1, 0.15) is 10.4 Å². The van der Waals surface area contributed by atoms with E-state index in [9.17, 15) is 4.79 Å². The Morgan fingerprint density at radius 2 is 1.59 bits per heavy atom. The Morgan fingerprint density at radius 3 is 2.18 bits per heavy atom. The van der Waals surface area contributed by atoms with E-state index in [2.05, 4.69) is 10.4 Å². The van der Waals surface area contributed by atoms with Gasteiger partial charge >= 0.3 is 0 Å². The Balaban J connectivity index is 2.08. The number of nitrogens with one attached hydrogen (secondary N) is 1. The summed E-state index contributed by atoms with van der Waals surface area (Å²) in [5, 5.41) is 7.45. The van der Waals surface area contributed by atoms with Gasteiger partial charge < -0.3 is 16.8 Å². The second kappa shape index (κ2) is 5.61. The molecule has 0 saturated heterocycles. The number of aromatic nitrogens is 2. The minimum absolute atomic E-state index is 0.174. The zero-order valence-electron chi connectivity index (χ0n) is 11.7. The summed E-state index contributed by atoms with van der Waals surface area (Å²) in [5.41, 5.74) is 13.2. The average molecular weight is 293 g/mol. The molecule has 0 fully saturated rings. The summed E-state index contributed by atoms with van der Waals surface area (Å²) in [6, 6.07) is 18.7. The second-order valence-corrected chi connectivity index (χ2v) is 4.71. The van der Waals surface area contributed by atoms with Gasteiger partial charge in [-0.3, -0.25) is 4.79 Å². The van der Waals surface area contributed by atoms with Crippen LogP contribution in [0.15, 0.2) is 60.7 Å². The van der Waals surface area contributed by atoms with E-state index in [4.69, 9.17) is 11.5 Å². The first-order valence-corrected chi connectivity index (χ1v) is 6.72. The molecule has 6 nitrogen and oxygen atoms in total. The second-order valence-electron chi connectivity index (χ2n) is 4.71. The summed E-state index contributed by atoms with van der Waals surface area (Å²) in [5.74, 6) is -0.0877. The van der Waals surface area contributed by atoms with E-state index in [-0.39, 0.29) is 11.4 Å². The third-order valence-electron chi connectivity index (χ3n) is 3.20. The summed E-state index contributed by atoms with van der Waals surface area (Å²) in [4.78, 5) is 11.7. The topological polar surface area (TPSA) is 99.0 Å². The molecule has 2 aromatic carbocycles. The highest BCUT2D eigenvalue weighted by atomic mass is 16.1. The predicted octanol–water partition coefficient (Wildman–Crippen LogP) is 2.30. The van der Waals surface area contributed by atoms with E-state index in [1.165, 1.54) is 4.68 Å². The largest absolute Gasteiger partial charge is 0.383 e. The lowest BCUT2D eigenvalue weighted by Gasteiger charge is -2.03. The lowest BCUT2D eigenvalue weighted by molar-refractivity contribution is 0.100. The molecule has 0 bridgehead atoms. The number of anilines is 3. The minimum Gasteiger partial charge on any atom is -0.383 e. The van der Waals surface area contributed by atoms with Gasteiger partial charge in [0.2, 0.25) is 0 Å². The lowest BCUT2D eigenvalue weighted by Crippen LogP contribution is -2.14. The Labute approximate surface area is 127 Å². The number of rotatable bonds is 4. The highest BCUT2D eigenvalue weighted by molar-refractivity contribution is 6.03. The lowest BCUT2D eigenvalue weighted by atomic mass is 10.2. The molecule has 0 aliphatic rings. The summed E-state index contributed by atoms with van der Waals surface area (Å²) in [6.45, 7) is 0. The fourth-order valence-corrected chi connectivity index (χ4v) is 2.19. The van der Waals surface area contributed by atoms with Crippen LogP contribution < -0.4 is 16.8 Å². The zero-order valence-corrected chi connectivity index (χ0v) is 11.7. The summed E-state index contributed by atoms with van der Waals surface area (Å²) >= 11 is 0. The molecule has 1 amide bonds. The normalized spacial score (nSPS) is 10.4. The van der Waals surface area contributed by atoms with Crippen LogP contribution in [0.4, 0.5) is 17.3 Å². The summed E-state index contributed by atoms with van der Waals surface area (Å²) in [6.07, 6.45) is 0. The molecule has 110 valence electrons. The van der Waals surface area contributed by atoms with E-state index < -0.39 is 5.91 Å². The SMILES string of the molecule is NC(=O)c1c(Nc2ccccc2)nn(-c2ccccc2)c1N. The van der Waals surface area contributed by atoms with E-state index in [1.807, 2.05) is 60.7 Å². The van der Waals surface area contributed by atoms with Gasteiger partial charge in [0.1, 0.15) is 11.4 Å². The highest BCUT2D eigenvalue weighted by Crippen LogP contribution is 2.27. The van der Waals surface area contributed by atoms with Crippen LogP contribution in [0.5, 0.6) is 0 Å². The molecule has 3 rings (SSSR count). The van der Waals surface area contributed by atoms with Crippen molar-refractivity contribution in [3.05, 3.63) is 66.2 Å². The van der Waals surface area contributed by atoms with Crippen LogP contribution in [-0.4, -0.2) is 15.7 Å². The molecule has 1 heterocycles. The maximum atomic E-state index is 11.7. The quantitative estimate of drug-likeness (QED) is 0.687. The third-order valence-corrected chi connectivity index (χ3v) is 3.20. The number of benzene rings is 2. The van der Waals surface area contributed by atoms with Crippen LogP contribution >= 0.6 is 0 Å². The molecule has 0 radical (unpaired) electrons. The molecule has 5 N–H and O–H groups in total. The van der Waals surface area contributed by atoms with Crippen LogP contribution in [0.25, 0.3) is 5.69 Å². The molecule has 0 aliphatic carbocycles. The number of hydrogen-bond acceptors (Lipinski definition) is 4. The Morgan fingerprint density at radius 1 is 1.00 bits per heavy atom. The van der Waals surface area contributed by atoms with Gasteiger partial charge in [0, 0.05) is 5.69 Å². The number of para-hydroxylation sites is 2. The number of nitrogens with two attached hydrogens (primary N) is 2. The van der Waals surface area contributed by atoms with E-state index in [1.54, 1.807) is 0 Å². The number of nitrogens with zero attached hydrogens (tertiary/aromatic N) is 2. The third kappa shape index (κ3) is 2.49. The highest BCUT2D eigenvalue weighted by Gasteiger charge is 2.21. The van der Waals surface area contributed by atoms with Crippen LogP contribution in [0.3, 0.4) is 0 Å². The van der Waals surface area contributed by atoms with Gasteiger partial charge in [-0.1, -0.05) is 36.4 Å². The standard InChI is InChI=1S/C16H15N5O/c17-14-13(15(18)22)16(19-11-7-3-1-4-8-11)20-21(14)12-9-5-2-6-10-12/h1-10H,17H2,(H2,18,22)(H,19,20). The minimum atomic E-state index is -0.627. The Hall–Kier alpha value is -3.28. The first-order valence-electron chi connectivity index (χ1n) is 6.72. The van der Waals surface area contributed by atoms with Crippen molar-refractivity contribution in [3.63, 3.8) is 0 Å². The number of carbonyl (C=O) groups excluding carboxylic acids is 1. The van der Waals surface area contributed by atoms with Crippen molar-refractivity contribution in [2.24, 2.45) is 5.73 Å². The fraction of sp³-hybridized carbons (Fsp3) is 0. The van der Waals surface area contributed by atoms with Crippen molar-refractivity contribution in [2.45, 2.75) is 0 Å². The number of nitrogen functional groups attached to an aromatic ring is 1. The van der Waals surface area contributed by atoms with Crippen LogP contribution in [0, 0.1) is 0 Å². The molecular formula is C16H15N5O. The van der Waals surface area contributed by atoms with E-state index >= 15 is 0 Å². The molecule has 0 spiro atoms. The molecule has 1 aromatic heterocycles. The van der Waals surface area contributed by atoms with Gasteiger partial charge in [0.25, 0.3) is 5.91 Å². The smallest absolute Gasteiger partial charge is 0.256 e. The molecule has 0 saturated carbocycles. The molecule has 22 heavy (non-hydrogen) atoms. The monoisotopic (exact) mass is 293 g/mol. The van der Waals surface area contributed by atoms with E-state index in [0.29, 0.717) is 5.82 Å².